The van der Waals surface area contributed by atoms with Crippen molar-refractivity contribution in [2.75, 3.05) is 5.32 Å². The van der Waals surface area contributed by atoms with Gasteiger partial charge in [-0.25, -0.2) is 0 Å². The average Bonchev–Trinajstić information content (AvgIpc) is 2.87. The minimum Gasteiger partial charge on any atom is -0.316 e. The lowest BCUT2D eigenvalue weighted by Crippen LogP contribution is -2.22. The van der Waals surface area contributed by atoms with E-state index < -0.39 is 5.41 Å². The van der Waals surface area contributed by atoms with E-state index >= 15 is 0 Å². The van der Waals surface area contributed by atoms with Crippen molar-refractivity contribution in [3.05, 3.63) is 15.9 Å². The quantitative estimate of drug-likeness (QED) is 0.899. The van der Waals surface area contributed by atoms with Crippen molar-refractivity contribution in [3.63, 3.8) is 0 Å². The highest BCUT2D eigenvalue weighted by Gasteiger charge is 2.50. The van der Waals surface area contributed by atoms with Crippen molar-refractivity contribution in [1.29, 1.82) is 5.26 Å². The average molecular weight is 271 g/mol. The monoisotopic (exact) mass is 270 g/mol. The number of nitriles is 1. The maximum Gasteiger partial charge on any atom is 0.245 e. The van der Waals surface area contributed by atoms with Crippen molar-refractivity contribution in [1.82, 2.24) is 0 Å². The Morgan fingerprint density at radius 3 is 2.79 bits per heavy atom. The Hall–Kier alpha value is -0.860. The molecule has 0 spiro atoms. The molecule has 1 saturated carbocycles. The number of carbonyl (C=O) groups excluding carboxylic acids is 1. The molecule has 0 saturated heterocycles. The Balaban J connectivity index is 2.06. The highest BCUT2D eigenvalue weighted by molar-refractivity contribution is 9.11. The van der Waals surface area contributed by atoms with E-state index in [4.69, 9.17) is 5.26 Å². The summed E-state index contributed by atoms with van der Waals surface area (Å²) in [6.07, 6.45) is 1.36. The molecule has 1 aliphatic carbocycles. The number of halogens is 1. The van der Waals surface area contributed by atoms with Crippen LogP contribution in [-0.4, -0.2) is 5.91 Å². The van der Waals surface area contributed by atoms with Gasteiger partial charge in [0.1, 0.15) is 5.41 Å². The van der Waals surface area contributed by atoms with Crippen LogP contribution in [0.5, 0.6) is 0 Å². The van der Waals surface area contributed by atoms with Crippen LogP contribution in [0.4, 0.5) is 5.00 Å². The van der Waals surface area contributed by atoms with Gasteiger partial charge in [0.2, 0.25) is 5.91 Å². The first-order chi connectivity index (χ1) is 6.66. The molecule has 1 aromatic rings. The topological polar surface area (TPSA) is 52.9 Å². The molecule has 0 bridgehead atoms. The van der Waals surface area contributed by atoms with E-state index in [2.05, 4.69) is 27.3 Å². The van der Waals surface area contributed by atoms with Gasteiger partial charge in [-0.15, -0.1) is 11.3 Å². The van der Waals surface area contributed by atoms with Crippen LogP contribution in [0.2, 0.25) is 0 Å². The van der Waals surface area contributed by atoms with E-state index in [0.29, 0.717) is 12.8 Å². The summed E-state index contributed by atoms with van der Waals surface area (Å²) in [5.41, 5.74) is -0.740. The first kappa shape index (κ1) is 9.69. The fourth-order valence-electron chi connectivity index (χ4n) is 1.13. The van der Waals surface area contributed by atoms with Crippen LogP contribution in [-0.2, 0) is 4.79 Å². The fourth-order valence-corrected chi connectivity index (χ4v) is 2.41. The molecule has 0 radical (unpaired) electrons. The molecule has 5 heteroatoms. The molecule has 1 fully saturated rings. The second-order valence-electron chi connectivity index (χ2n) is 3.25. The summed E-state index contributed by atoms with van der Waals surface area (Å²) >= 11 is 4.75. The maximum absolute atomic E-state index is 11.6. The smallest absolute Gasteiger partial charge is 0.245 e. The van der Waals surface area contributed by atoms with E-state index in [9.17, 15) is 4.79 Å². The highest BCUT2D eigenvalue weighted by Crippen LogP contribution is 2.46. The zero-order chi connectivity index (χ0) is 10.2. The Morgan fingerprint density at radius 2 is 2.36 bits per heavy atom. The van der Waals surface area contributed by atoms with Crippen LogP contribution in [0.3, 0.4) is 0 Å². The molecule has 3 nitrogen and oxygen atoms in total. The Labute approximate surface area is 93.9 Å². The molecule has 0 atom stereocenters. The first-order valence-corrected chi connectivity index (χ1v) is 5.75. The molecule has 1 heterocycles. The number of thiophene rings is 1. The van der Waals surface area contributed by atoms with Crippen molar-refractivity contribution >= 4 is 38.2 Å². The van der Waals surface area contributed by atoms with Gasteiger partial charge in [0.05, 0.1) is 14.9 Å². The largest absolute Gasteiger partial charge is 0.316 e. The van der Waals surface area contributed by atoms with Crippen molar-refractivity contribution in [2.24, 2.45) is 5.41 Å². The molecule has 2 rings (SSSR count). The van der Waals surface area contributed by atoms with Gasteiger partial charge in [-0.2, -0.15) is 5.26 Å². The molecule has 0 aromatic carbocycles. The van der Waals surface area contributed by atoms with E-state index in [1.165, 1.54) is 11.3 Å². The van der Waals surface area contributed by atoms with Crippen molar-refractivity contribution in [3.8, 4) is 6.07 Å². The summed E-state index contributed by atoms with van der Waals surface area (Å²) in [5.74, 6) is -0.172. The minimum atomic E-state index is -0.740. The molecule has 1 aromatic heterocycles. The fraction of sp³-hybridized carbons (Fsp3) is 0.333. The predicted molar refractivity (Wildman–Crippen MR) is 57.9 cm³/mol. The molecule has 1 aliphatic rings. The SMILES string of the molecule is N#CC1(C(=O)Nc2ccc(Br)s2)CC1. The minimum absolute atomic E-state index is 0.172. The summed E-state index contributed by atoms with van der Waals surface area (Å²) in [5, 5.41) is 12.3. The van der Waals surface area contributed by atoms with Gasteiger partial charge in [0, 0.05) is 0 Å². The van der Waals surface area contributed by atoms with Gasteiger partial charge in [-0.05, 0) is 40.9 Å². The van der Waals surface area contributed by atoms with Crippen LogP contribution < -0.4 is 5.32 Å². The normalized spacial score (nSPS) is 17.1. The Morgan fingerprint density at radius 1 is 1.64 bits per heavy atom. The van der Waals surface area contributed by atoms with E-state index in [1.54, 1.807) is 0 Å². The lowest BCUT2D eigenvalue weighted by molar-refractivity contribution is -0.119. The molecule has 0 aliphatic heterocycles. The van der Waals surface area contributed by atoms with Gasteiger partial charge < -0.3 is 5.32 Å². The van der Waals surface area contributed by atoms with Crippen molar-refractivity contribution < 1.29 is 4.79 Å². The van der Waals surface area contributed by atoms with Crippen LogP contribution in [0.15, 0.2) is 15.9 Å². The zero-order valence-corrected chi connectivity index (χ0v) is 9.61. The first-order valence-electron chi connectivity index (χ1n) is 4.14. The van der Waals surface area contributed by atoms with E-state index in [0.717, 1.165) is 8.79 Å². The molecular weight excluding hydrogens is 264 g/mol. The van der Waals surface area contributed by atoms with Crippen molar-refractivity contribution in [2.45, 2.75) is 12.8 Å². The second-order valence-corrected chi connectivity index (χ2v) is 5.71. The number of amides is 1. The van der Waals surface area contributed by atoms with Gasteiger partial charge in [-0.3, -0.25) is 4.79 Å². The third kappa shape index (κ3) is 1.68. The van der Waals surface area contributed by atoms with Crippen LogP contribution in [0.1, 0.15) is 12.8 Å². The Bertz CT molecular complexity index is 417. The number of nitrogens with zero attached hydrogens (tertiary/aromatic N) is 1. The number of carbonyl (C=O) groups is 1. The highest BCUT2D eigenvalue weighted by atomic mass is 79.9. The third-order valence-corrected chi connectivity index (χ3v) is 3.75. The summed E-state index contributed by atoms with van der Waals surface area (Å²) < 4.78 is 0.967. The van der Waals surface area contributed by atoms with Gasteiger partial charge in [-0.1, -0.05) is 0 Å². The third-order valence-electron chi connectivity index (χ3n) is 2.21. The Kier molecular flexibility index (Phi) is 2.33. The molecule has 14 heavy (non-hydrogen) atoms. The predicted octanol–water partition coefficient (Wildman–Crippen LogP) is 2.75. The van der Waals surface area contributed by atoms with Crippen LogP contribution in [0, 0.1) is 16.7 Å². The van der Waals surface area contributed by atoms with Gasteiger partial charge in [0.15, 0.2) is 0 Å². The lowest BCUT2D eigenvalue weighted by Gasteiger charge is -2.04. The zero-order valence-electron chi connectivity index (χ0n) is 7.21. The second kappa shape index (κ2) is 3.37. The lowest BCUT2D eigenvalue weighted by atomic mass is 10.1. The summed E-state index contributed by atoms with van der Waals surface area (Å²) in [6, 6.07) is 5.75. The summed E-state index contributed by atoms with van der Waals surface area (Å²) in [7, 11) is 0. The van der Waals surface area contributed by atoms with Gasteiger partial charge >= 0.3 is 0 Å². The molecule has 1 amide bonds. The summed E-state index contributed by atoms with van der Waals surface area (Å²) in [4.78, 5) is 11.6. The standard InChI is InChI=1S/C9H7BrN2OS/c10-6-1-2-7(14-6)12-8(13)9(5-11)3-4-9/h1-2H,3-4H2,(H,12,13). The maximum atomic E-state index is 11.6. The van der Waals surface area contributed by atoms with Crippen LogP contribution >= 0.6 is 27.3 Å². The van der Waals surface area contributed by atoms with Gasteiger partial charge in [0.25, 0.3) is 0 Å². The number of hydrogen-bond acceptors (Lipinski definition) is 3. The number of rotatable bonds is 2. The van der Waals surface area contributed by atoms with E-state index in [-0.39, 0.29) is 5.91 Å². The number of anilines is 1. The number of hydrogen-bond donors (Lipinski definition) is 1. The molecular formula is C9H7BrN2OS. The molecule has 1 N–H and O–H groups in total. The summed E-state index contributed by atoms with van der Waals surface area (Å²) in [6.45, 7) is 0. The number of nitrogens with one attached hydrogen (secondary N) is 1. The molecule has 72 valence electrons. The van der Waals surface area contributed by atoms with E-state index in [1.807, 2.05) is 12.1 Å². The molecule has 0 unspecified atom stereocenters. The van der Waals surface area contributed by atoms with Crippen LogP contribution in [0.25, 0.3) is 0 Å².